The summed E-state index contributed by atoms with van der Waals surface area (Å²) < 4.78 is 23.7. The monoisotopic (exact) mass is 177 g/mol. The zero-order chi connectivity index (χ0) is 8.65. The fraction of sp³-hybridized carbons (Fsp3) is 1.00. The van der Waals surface area contributed by atoms with Crippen LogP contribution in [0, 0.1) is 0 Å². The molecule has 1 aliphatic rings. The average Bonchev–Trinajstić information content (AvgIpc) is 2.58. The molecule has 4 heteroatoms. The molecule has 0 aliphatic carbocycles. The molecule has 0 N–H and O–H groups in total. The van der Waals surface area contributed by atoms with Gasteiger partial charge in [0.15, 0.2) is 0 Å². The van der Waals surface area contributed by atoms with Crippen LogP contribution in [0.2, 0.25) is 0 Å². The summed E-state index contributed by atoms with van der Waals surface area (Å²) in [6.45, 7) is 4.05. The van der Waals surface area contributed by atoms with Gasteiger partial charge >= 0.3 is 0 Å². The average molecular weight is 177 g/mol. The first kappa shape index (κ1) is 9.00. The van der Waals surface area contributed by atoms with Crippen LogP contribution in [-0.4, -0.2) is 31.1 Å². The van der Waals surface area contributed by atoms with Crippen molar-refractivity contribution in [2.45, 2.75) is 38.8 Å². The lowest BCUT2D eigenvalue weighted by atomic mass is 10.2. The van der Waals surface area contributed by atoms with Gasteiger partial charge in [-0.15, -0.1) is 0 Å². The first-order chi connectivity index (χ1) is 5.02. The Bertz CT molecular complexity index is 225. The highest BCUT2D eigenvalue weighted by molar-refractivity contribution is 7.88. The molecular weight excluding hydrogens is 162 g/mol. The van der Waals surface area contributed by atoms with E-state index in [-0.39, 0.29) is 12.1 Å². The molecule has 1 heterocycles. The van der Waals surface area contributed by atoms with Crippen molar-refractivity contribution in [1.82, 2.24) is 4.31 Å². The summed E-state index contributed by atoms with van der Waals surface area (Å²) in [7, 11) is -2.92. The highest BCUT2D eigenvalue weighted by Crippen LogP contribution is 2.35. The van der Waals surface area contributed by atoms with Crippen LogP contribution in [0.25, 0.3) is 0 Å². The van der Waals surface area contributed by atoms with Crippen molar-refractivity contribution in [3.05, 3.63) is 0 Å². The predicted molar refractivity (Wildman–Crippen MR) is 44.8 cm³/mol. The minimum Gasteiger partial charge on any atom is -0.212 e. The van der Waals surface area contributed by atoms with Crippen LogP contribution < -0.4 is 0 Å². The van der Waals surface area contributed by atoms with E-state index in [1.54, 1.807) is 4.31 Å². The van der Waals surface area contributed by atoms with Crippen LogP contribution in [0.15, 0.2) is 0 Å². The van der Waals surface area contributed by atoms with E-state index in [1.165, 1.54) is 6.26 Å². The molecule has 0 aromatic heterocycles. The van der Waals surface area contributed by atoms with Crippen molar-refractivity contribution in [3.8, 4) is 0 Å². The van der Waals surface area contributed by atoms with E-state index in [2.05, 4.69) is 0 Å². The Morgan fingerprint density at radius 1 is 1.18 bits per heavy atom. The van der Waals surface area contributed by atoms with Gasteiger partial charge in [-0.05, 0) is 12.8 Å². The fourth-order valence-electron chi connectivity index (χ4n) is 1.71. The summed E-state index contributed by atoms with van der Waals surface area (Å²) in [5, 5.41) is 0. The zero-order valence-corrected chi connectivity index (χ0v) is 8.06. The first-order valence-electron chi connectivity index (χ1n) is 4.00. The highest BCUT2D eigenvalue weighted by atomic mass is 32.2. The molecule has 0 radical (unpaired) electrons. The van der Waals surface area contributed by atoms with Crippen molar-refractivity contribution in [2.24, 2.45) is 0 Å². The Hall–Kier alpha value is -0.0900. The zero-order valence-electron chi connectivity index (χ0n) is 7.24. The van der Waals surface area contributed by atoms with E-state index < -0.39 is 10.0 Å². The van der Waals surface area contributed by atoms with Gasteiger partial charge in [0.05, 0.1) is 6.26 Å². The maximum atomic E-state index is 11.1. The third-order valence-corrected chi connectivity index (χ3v) is 3.54. The third kappa shape index (κ3) is 1.56. The van der Waals surface area contributed by atoms with E-state index >= 15 is 0 Å². The second-order valence-electron chi connectivity index (χ2n) is 3.04. The molecule has 11 heavy (non-hydrogen) atoms. The molecule has 1 saturated heterocycles. The Balaban J connectivity index is 2.66. The van der Waals surface area contributed by atoms with Gasteiger partial charge in [-0.25, -0.2) is 8.42 Å². The maximum absolute atomic E-state index is 11.1. The quantitative estimate of drug-likeness (QED) is 0.598. The number of rotatable bonds is 3. The van der Waals surface area contributed by atoms with Crippen molar-refractivity contribution >= 4 is 10.0 Å². The highest BCUT2D eigenvalue weighted by Gasteiger charge is 2.50. The molecule has 0 unspecified atom stereocenters. The summed E-state index contributed by atoms with van der Waals surface area (Å²) in [5.41, 5.74) is 0. The van der Waals surface area contributed by atoms with Crippen LogP contribution in [0.4, 0.5) is 0 Å². The van der Waals surface area contributed by atoms with Gasteiger partial charge in [-0.2, -0.15) is 4.31 Å². The van der Waals surface area contributed by atoms with Gasteiger partial charge < -0.3 is 0 Å². The van der Waals surface area contributed by atoms with Gasteiger partial charge in [0.2, 0.25) is 10.0 Å². The normalized spacial score (nSPS) is 37.2. The molecule has 0 saturated carbocycles. The van der Waals surface area contributed by atoms with E-state index in [1.807, 2.05) is 13.8 Å². The molecule has 1 aliphatic heterocycles. The SMILES string of the molecule is CC[C@H]1[C@H](CC)N1S(C)(=O)=O. The lowest BCUT2D eigenvalue weighted by Crippen LogP contribution is -2.12. The second-order valence-corrected chi connectivity index (χ2v) is 4.93. The molecule has 0 amide bonds. The van der Waals surface area contributed by atoms with E-state index in [0.717, 1.165) is 12.8 Å². The number of hydrogen-bond acceptors (Lipinski definition) is 2. The molecule has 0 aromatic rings. The number of sulfonamides is 1. The lowest BCUT2D eigenvalue weighted by Gasteiger charge is -1.96. The van der Waals surface area contributed by atoms with Crippen molar-refractivity contribution < 1.29 is 8.42 Å². The largest absolute Gasteiger partial charge is 0.212 e. The summed E-state index contributed by atoms with van der Waals surface area (Å²) in [5.74, 6) is 0. The van der Waals surface area contributed by atoms with Gasteiger partial charge in [-0.3, -0.25) is 0 Å². The Morgan fingerprint density at radius 3 is 1.64 bits per heavy atom. The summed E-state index contributed by atoms with van der Waals surface area (Å²) in [4.78, 5) is 0. The third-order valence-electron chi connectivity index (χ3n) is 2.23. The maximum Gasteiger partial charge on any atom is 0.211 e. The minimum atomic E-state index is -2.92. The van der Waals surface area contributed by atoms with E-state index in [0.29, 0.717) is 0 Å². The molecule has 66 valence electrons. The molecule has 3 nitrogen and oxygen atoms in total. The summed E-state index contributed by atoms with van der Waals surface area (Å²) >= 11 is 0. The van der Waals surface area contributed by atoms with Crippen LogP contribution in [0.5, 0.6) is 0 Å². The van der Waals surface area contributed by atoms with E-state index in [9.17, 15) is 8.42 Å². The van der Waals surface area contributed by atoms with Crippen LogP contribution >= 0.6 is 0 Å². The molecular formula is C7H15NO2S. The van der Waals surface area contributed by atoms with Crippen LogP contribution in [0.1, 0.15) is 26.7 Å². The smallest absolute Gasteiger partial charge is 0.211 e. The van der Waals surface area contributed by atoms with Gasteiger partial charge in [0.25, 0.3) is 0 Å². The Labute approximate surface area is 68.4 Å². The van der Waals surface area contributed by atoms with Gasteiger partial charge in [-0.1, -0.05) is 13.8 Å². The molecule has 0 aromatic carbocycles. The molecule has 0 spiro atoms. The summed E-state index contributed by atoms with van der Waals surface area (Å²) in [6.07, 6.45) is 3.16. The fourth-order valence-corrected chi connectivity index (χ4v) is 3.21. The van der Waals surface area contributed by atoms with Crippen molar-refractivity contribution in [2.75, 3.05) is 6.26 Å². The van der Waals surface area contributed by atoms with Crippen molar-refractivity contribution in [1.29, 1.82) is 0 Å². The van der Waals surface area contributed by atoms with Crippen molar-refractivity contribution in [3.63, 3.8) is 0 Å². The van der Waals surface area contributed by atoms with Crippen LogP contribution in [0.3, 0.4) is 0 Å². The molecule has 0 bridgehead atoms. The predicted octanol–water partition coefficient (Wildman–Crippen LogP) is 0.819. The van der Waals surface area contributed by atoms with Gasteiger partial charge in [0, 0.05) is 12.1 Å². The van der Waals surface area contributed by atoms with E-state index in [4.69, 9.17) is 0 Å². The summed E-state index contributed by atoms with van der Waals surface area (Å²) in [6, 6.07) is 0.574. The van der Waals surface area contributed by atoms with Crippen LogP contribution in [-0.2, 0) is 10.0 Å². The van der Waals surface area contributed by atoms with Gasteiger partial charge in [0.1, 0.15) is 0 Å². The Morgan fingerprint density at radius 2 is 1.55 bits per heavy atom. The molecule has 2 atom stereocenters. The lowest BCUT2D eigenvalue weighted by molar-refractivity contribution is 0.548. The molecule has 1 fully saturated rings. The topological polar surface area (TPSA) is 37.1 Å². The molecule has 1 rings (SSSR count). The first-order valence-corrected chi connectivity index (χ1v) is 5.85. The standard InChI is InChI=1S/C7H15NO2S/c1-4-6-7(5-2)8(6)11(3,9)10/h6-7H,4-5H2,1-3H3/t6-,7-/m0/s1. The number of hydrogen-bond donors (Lipinski definition) is 0. The second kappa shape index (κ2) is 2.75. The minimum absolute atomic E-state index is 0.287. The number of nitrogens with zero attached hydrogens (tertiary/aromatic N) is 1. The Kier molecular flexibility index (Phi) is 2.25.